The van der Waals surface area contributed by atoms with Crippen LogP contribution in [0.25, 0.3) is 17.1 Å². The minimum absolute atomic E-state index is 0.172. The van der Waals surface area contributed by atoms with Gasteiger partial charge in [-0.2, -0.15) is 0 Å². The van der Waals surface area contributed by atoms with Gasteiger partial charge in [-0.25, -0.2) is 4.79 Å². The van der Waals surface area contributed by atoms with Crippen LogP contribution in [0.3, 0.4) is 0 Å². The number of H-pyrrole nitrogens is 2. The van der Waals surface area contributed by atoms with Gasteiger partial charge in [0.25, 0.3) is 0 Å². The fourth-order valence-corrected chi connectivity index (χ4v) is 3.30. The molecule has 1 aromatic carbocycles. The summed E-state index contributed by atoms with van der Waals surface area (Å²) in [5.74, 6) is 0. The lowest BCUT2D eigenvalue weighted by Crippen LogP contribution is -2.08. The summed E-state index contributed by atoms with van der Waals surface area (Å²) in [7, 11) is 0. The SMILES string of the molecule is O=c1[nH]c2cc3c(cc2[nH]1)[SH]N(c1ccncc1)C=C3. The number of nitrogens with one attached hydrogen (secondary N) is 2. The monoisotopic (exact) mass is 283 g/mol. The highest BCUT2D eigenvalue weighted by Crippen LogP contribution is 2.37. The minimum atomic E-state index is -0.172. The fourth-order valence-electron chi connectivity index (χ4n) is 2.25. The van der Waals surface area contributed by atoms with Crippen molar-refractivity contribution in [3.63, 3.8) is 0 Å². The number of aromatic nitrogens is 3. The van der Waals surface area contributed by atoms with Crippen molar-refractivity contribution in [3.05, 3.63) is 58.9 Å². The quantitative estimate of drug-likeness (QED) is 0.601. The Labute approximate surface area is 118 Å². The van der Waals surface area contributed by atoms with Crippen LogP contribution in [0.1, 0.15) is 5.56 Å². The van der Waals surface area contributed by atoms with Crippen molar-refractivity contribution in [1.82, 2.24) is 15.0 Å². The Bertz CT molecular complexity index is 866. The molecule has 0 spiro atoms. The van der Waals surface area contributed by atoms with E-state index in [-0.39, 0.29) is 5.69 Å². The molecule has 5 nitrogen and oxygen atoms in total. The van der Waals surface area contributed by atoms with E-state index >= 15 is 0 Å². The van der Waals surface area contributed by atoms with E-state index in [4.69, 9.17) is 0 Å². The third-order valence-electron chi connectivity index (χ3n) is 3.20. The maximum atomic E-state index is 11.3. The predicted molar refractivity (Wildman–Crippen MR) is 81.9 cm³/mol. The first kappa shape index (κ1) is 11.4. The Morgan fingerprint density at radius 3 is 2.65 bits per heavy atom. The number of rotatable bonds is 1. The second-order valence-corrected chi connectivity index (χ2v) is 5.61. The summed E-state index contributed by atoms with van der Waals surface area (Å²) < 4.78 is 2.13. The van der Waals surface area contributed by atoms with Crippen molar-refractivity contribution in [1.29, 1.82) is 0 Å². The summed E-state index contributed by atoms with van der Waals surface area (Å²) in [6.45, 7) is 0. The second kappa shape index (κ2) is 4.28. The van der Waals surface area contributed by atoms with Gasteiger partial charge in [0.05, 0.1) is 16.7 Å². The van der Waals surface area contributed by atoms with Crippen LogP contribution in [0.4, 0.5) is 5.69 Å². The van der Waals surface area contributed by atoms with Crippen molar-refractivity contribution in [2.24, 2.45) is 0 Å². The van der Waals surface area contributed by atoms with Crippen molar-refractivity contribution < 1.29 is 0 Å². The first-order valence-electron chi connectivity index (χ1n) is 6.15. The lowest BCUT2D eigenvalue weighted by Gasteiger charge is -2.25. The Morgan fingerprint density at radius 1 is 1.10 bits per heavy atom. The molecule has 1 radical (unpaired) electrons. The topological polar surface area (TPSA) is 64.8 Å². The van der Waals surface area contributed by atoms with Crippen LogP contribution in [-0.4, -0.2) is 15.0 Å². The number of nitrogens with zero attached hydrogens (tertiary/aromatic N) is 2. The molecule has 2 N–H and O–H groups in total. The Hall–Kier alpha value is -2.47. The summed E-state index contributed by atoms with van der Waals surface area (Å²) >= 11 is 1.06. The number of hydrogen-bond donors (Lipinski definition) is 3. The lowest BCUT2D eigenvalue weighted by atomic mass is 10.2. The predicted octanol–water partition coefficient (Wildman–Crippen LogP) is 2.48. The van der Waals surface area contributed by atoms with E-state index in [0.29, 0.717) is 0 Å². The Balaban J connectivity index is 1.79. The molecule has 0 saturated heterocycles. The largest absolute Gasteiger partial charge is 0.323 e. The molecular formula is C14H11N4OS. The molecular weight excluding hydrogens is 272 g/mol. The molecule has 0 bridgehead atoms. The average molecular weight is 283 g/mol. The Kier molecular flexibility index (Phi) is 2.43. The summed E-state index contributed by atoms with van der Waals surface area (Å²) in [6, 6.07) is 7.95. The molecule has 0 unspecified atom stereocenters. The van der Waals surface area contributed by atoms with E-state index in [1.807, 2.05) is 30.5 Å². The first-order valence-corrected chi connectivity index (χ1v) is 6.99. The zero-order chi connectivity index (χ0) is 13.5. The number of pyridine rings is 1. The van der Waals surface area contributed by atoms with Gasteiger partial charge in [-0.05, 0) is 35.9 Å². The molecule has 0 fully saturated rings. The van der Waals surface area contributed by atoms with Crippen LogP contribution in [0.15, 0.2) is 52.5 Å². The maximum Gasteiger partial charge on any atom is 0.323 e. The summed E-state index contributed by atoms with van der Waals surface area (Å²) in [4.78, 5) is 22.1. The molecule has 20 heavy (non-hydrogen) atoms. The van der Waals surface area contributed by atoms with Gasteiger partial charge in [0, 0.05) is 23.5 Å². The molecule has 6 heteroatoms. The zero-order valence-corrected chi connectivity index (χ0v) is 11.3. The molecule has 3 aromatic rings. The second-order valence-electron chi connectivity index (χ2n) is 4.50. The summed E-state index contributed by atoms with van der Waals surface area (Å²) in [6.07, 6.45) is 7.65. The molecule has 1 aliphatic rings. The Morgan fingerprint density at radius 2 is 1.85 bits per heavy atom. The van der Waals surface area contributed by atoms with Crippen LogP contribution >= 0.6 is 11.9 Å². The van der Waals surface area contributed by atoms with Gasteiger partial charge in [-0.15, -0.1) is 0 Å². The number of anilines is 1. The van der Waals surface area contributed by atoms with Crippen LogP contribution < -0.4 is 9.99 Å². The fraction of sp³-hybridized carbons (Fsp3) is 0. The lowest BCUT2D eigenvalue weighted by molar-refractivity contribution is 1.21. The van der Waals surface area contributed by atoms with Gasteiger partial charge in [0.1, 0.15) is 0 Å². The van der Waals surface area contributed by atoms with Crippen molar-refractivity contribution in [3.8, 4) is 0 Å². The average Bonchev–Trinajstić information content (AvgIpc) is 2.84. The van der Waals surface area contributed by atoms with Gasteiger partial charge in [0.2, 0.25) is 0 Å². The van der Waals surface area contributed by atoms with Gasteiger partial charge >= 0.3 is 5.69 Å². The van der Waals surface area contributed by atoms with Crippen LogP contribution in [0.2, 0.25) is 0 Å². The molecule has 99 valence electrons. The van der Waals surface area contributed by atoms with E-state index in [9.17, 15) is 4.79 Å². The molecule has 2 aromatic heterocycles. The van der Waals surface area contributed by atoms with Crippen molar-refractivity contribution in [2.75, 3.05) is 4.31 Å². The van der Waals surface area contributed by atoms with Gasteiger partial charge in [-0.3, -0.25) is 9.29 Å². The van der Waals surface area contributed by atoms with E-state index in [1.165, 1.54) is 0 Å². The van der Waals surface area contributed by atoms with Crippen LogP contribution in [0.5, 0.6) is 0 Å². The third kappa shape index (κ3) is 1.81. The number of hydrogen-bond acceptors (Lipinski definition) is 3. The molecule has 0 aliphatic carbocycles. The minimum Gasteiger partial charge on any atom is -0.306 e. The molecule has 3 heterocycles. The number of imidazole rings is 1. The van der Waals surface area contributed by atoms with Gasteiger partial charge in [0.15, 0.2) is 0 Å². The highest BCUT2D eigenvalue weighted by molar-refractivity contribution is 8.01. The summed E-state index contributed by atoms with van der Waals surface area (Å²) in [5.41, 5.74) is 3.72. The zero-order valence-electron chi connectivity index (χ0n) is 10.4. The molecule has 1 aliphatic heterocycles. The third-order valence-corrected chi connectivity index (χ3v) is 4.38. The highest BCUT2D eigenvalue weighted by Gasteiger charge is 2.13. The molecule has 0 amide bonds. The van der Waals surface area contributed by atoms with Crippen molar-refractivity contribution >= 4 is 34.7 Å². The smallest absolute Gasteiger partial charge is 0.306 e. The van der Waals surface area contributed by atoms with Crippen LogP contribution in [-0.2, 0) is 0 Å². The van der Waals surface area contributed by atoms with Gasteiger partial charge < -0.3 is 9.97 Å². The van der Waals surface area contributed by atoms with E-state index < -0.39 is 0 Å². The maximum absolute atomic E-state index is 11.3. The van der Waals surface area contributed by atoms with E-state index in [0.717, 1.165) is 39.1 Å². The van der Waals surface area contributed by atoms with Crippen molar-refractivity contribution in [2.45, 2.75) is 4.90 Å². The highest BCUT2D eigenvalue weighted by atomic mass is 32.2. The standard InChI is InChI=1S/C14H11N4OS/c19-14-16-11-7-9-3-6-18(10-1-4-15-5-2-10)20-13(9)8-12(11)17-14/h1-8,20H,(H2,16,17,19). The summed E-state index contributed by atoms with van der Waals surface area (Å²) in [5, 5.41) is 0. The molecule has 0 atom stereocenters. The van der Waals surface area contributed by atoms with Crippen LogP contribution in [0, 0.1) is 0 Å². The van der Waals surface area contributed by atoms with E-state index in [2.05, 4.69) is 25.3 Å². The number of fused-ring (bicyclic) bond motifs is 2. The first-order chi connectivity index (χ1) is 9.79. The van der Waals surface area contributed by atoms with E-state index in [1.54, 1.807) is 12.4 Å². The number of benzene rings is 1. The molecule has 4 rings (SSSR count). The number of thiol groups is 1. The number of aromatic amines is 2. The van der Waals surface area contributed by atoms with Gasteiger partial charge in [-0.1, -0.05) is 11.9 Å². The normalized spacial score (nSPS) is 13.7. The molecule has 0 saturated carbocycles.